The molecule has 0 unspecified atom stereocenters. The second-order valence-corrected chi connectivity index (χ2v) is 6.40. The summed E-state index contributed by atoms with van der Waals surface area (Å²) in [5.74, 6) is 0.466. The van der Waals surface area contributed by atoms with Crippen LogP contribution in [0.15, 0.2) is 46.0 Å². The van der Waals surface area contributed by atoms with E-state index < -0.39 is 0 Å². The number of aliphatic imine (C=N–C) groups is 2. The number of para-hydroxylation sites is 1. The second kappa shape index (κ2) is 9.64. The number of benzene rings is 1. The van der Waals surface area contributed by atoms with E-state index in [0.29, 0.717) is 17.1 Å². The fourth-order valence-electron chi connectivity index (χ4n) is 2.61. The Morgan fingerprint density at radius 1 is 1.36 bits per heavy atom. The van der Waals surface area contributed by atoms with Crippen molar-refractivity contribution in [1.82, 2.24) is 0 Å². The molecule has 1 aliphatic rings. The van der Waals surface area contributed by atoms with Crippen molar-refractivity contribution in [3.63, 3.8) is 0 Å². The van der Waals surface area contributed by atoms with Crippen molar-refractivity contribution in [3.05, 3.63) is 41.6 Å². The van der Waals surface area contributed by atoms with E-state index in [2.05, 4.69) is 15.3 Å². The summed E-state index contributed by atoms with van der Waals surface area (Å²) in [7, 11) is 1.58. The molecule has 7 nitrogen and oxygen atoms in total. The van der Waals surface area contributed by atoms with Crippen LogP contribution < -0.4 is 15.8 Å². The maximum Gasteiger partial charge on any atom is 0.250 e. The van der Waals surface area contributed by atoms with Gasteiger partial charge in [0.05, 0.1) is 29.9 Å². The van der Waals surface area contributed by atoms with Crippen molar-refractivity contribution in [2.75, 3.05) is 12.4 Å². The van der Waals surface area contributed by atoms with Gasteiger partial charge in [0, 0.05) is 23.8 Å². The number of amidine groups is 1. The van der Waals surface area contributed by atoms with E-state index in [-0.39, 0.29) is 23.4 Å². The average molecular weight is 381 g/mol. The van der Waals surface area contributed by atoms with E-state index in [1.165, 1.54) is 6.08 Å². The van der Waals surface area contributed by atoms with Crippen LogP contribution in [-0.2, 0) is 4.79 Å². The Labute approximate surface area is 165 Å². The summed E-state index contributed by atoms with van der Waals surface area (Å²) in [6.45, 7) is 5.38. The molecule has 1 fully saturated rings. The van der Waals surface area contributed by atoms with Gasteiger partial charge in [0.25, 0.3) is 5.91 Å². The quantitative estimate of drug-likeness (QED) is 0.470. The van der Waals surface area contributed by atoms with Crippen LogP contribution in [0.3, 0.4) is 0 Å². The molecule has 0 spiro atoms. The molecule has 1 amide bonds. The molecule has 0 heterocycles. The topological polar surface area (TPSA) is 113 Å². The first-order valence-corrected chi connectivity index (χ1v) is 9.15. The number of ether oxygens (including phenoxy) is 1. The van der Waals surface area contributed by atoms with Gasteiger partial charge in [-0.2, -0.15) is 4.99 Å². The highest BCUT2D eigenvalue weighted by atomic mass is 16.5. The van der Waals surface area contributed by atoms with Gasteiger partial charge in [-0.05, 0) is 45.7 Å². The van der Waals surface area contributed by atoms with Gasteiger partial charge < -0.3 is 21.2 Å². The number of nitrogens with one attached hydrogen (secondary N) is 2. The van der Waals surface area contributed by atoms with E-state index in [4.69, 9.17) is 15.9 Å². The molecule has 2 rings (SSSR count). The van der Waals surface area contributed by atoms with Crippen molar-refractivity contribution in [2.45, 2.75) is 33.6 Å². The average Bonchev–Trinajstić information content (AvgIpc) is 3.50. The molecule has 1 aromatic carbocycles. The largest absolute Gasteiger partial charge is 0.494 e. The minimum atomic E-state index is -0.203. The Bertz CT molecular complexity index is 877. The molecular formula is C21H27N5O2. The number of allylic oxidation sites excluding steroid dienone is 2. The van der Waals surface area contributed by atoms with Crippen LogP contribution >= 0.6 is 0 Å². The van der Waals surface area contributed by atoms with Crippen molar-refractivity contribution >= 4 is 35.1 Å². The van der Waals surface area contributed by atoms with Crippen LogP contribution in [0.2, 0.25) is 0 Å². The van der Waals surface area contributed by atoms with E-state index in [0.717, 1.165) is 24.1 Å². The number of carbonyl (C=O) groups excluding carboxylic acids is 1. The van der Waals surface area contributed by atoms with Crippen molar-refractivity contribution in [1.29, 1.82) is 5.41 Å². The van der Waals surface area contributed by atoms with Crippen molar-refractivity contribution in [3.8, 4) is 5.75 Å². The highest BCUT2D eigenvalue weighted by Crippen LogP contribution is 2.35. The van der Waals surface area contributed by atoms with Crippen LogP contribution in [0.25, 0.3) is 5.70 Å². The molecule has 1 aliphatic carbocycles. The molecule has 7 heteroatoms. The highest BCUT2D eigenvalue weighted by molar-refractivity contribution is 6.08. The number of hydrogen-bond donors (Lipinski definition) is 3. The molecular weight excluding hydrogens is 354 g/mol. The standard InChI is InChI=1S/C21H27N5O2/c1-5-16(24-6-2)15-8-7-9-17(20(15)28-4)25-18(13(3)22)12-19(23)26-21(27)14-10-11-14/h5-9,12,14,22,25H,10-11H2,1-4H3,(H2,23,26,27)/b16-5-,18-12+,22-13?,24-6?. The monoisotopic (exact) mass is 381 g/mol. The number of nitrogens with zero attached hydrogens (tertiary/aromatic N) is 2. The fourth-order valence-corrected chi connectivity index (χ4v) is 2.61. The molecule has 0 aromatic heterocycles. The molecule has 148 valence electrons. The van der Waals surface area contributed by atoms with Gasteiger partial charge in [-0.15, -0.1) is 0 Å². The summed E-state index contributed by atoms with van der Waals surface area (Å²) in [6.07, 6.45) is 6.84. The van der Waals surface area contributed by atoms with Crippen molar-refractivity contribution < 1.29 is 9.53 Å². The molecule has 0 radical (unpaired) electrons. The third-order valence-electron chi connectivity index (χ3n) is 4.17. The molecule has 1 aromatic rings. The number of anilines is 1. The van der Waals surface area contributed by atoms with Gasteiger partial charge in [0.1, 0.15) is 5.84 Å². The third-order valence-corrected chi connectivity index (χ3v) is 4.17. The van der Waals surface area contributed by atoms with Crippen LogP contribution in [0.1, 0.15) is 39.2 Å². The number of carbonyl (C=O) groups is 1. The Morgan fingerprint density at radius 2 is 2.07 bits per heavy atom. The zero-order chi connectivity index (χ0) is 20.7. The Morgan fingerprint density at radius 3 is 2.61 bits per heavy atom. The van der Waals surface area contributed by atoms with Crippen LogP contribution in [0.4, 0.5) is 5.69 Å². The molecule has 1 saturated carbocycles. The van der Waals surface area contributed by atoms with Gasteiger partial charge in [0.15, 0.2) is 5.75 Å². The van der Waals surface area contributed by atoms with Gasteiger partial charge >= 0.3 is 0 Å². The number of rotatable bonds is 8. The van der Waals surface area contributed by atoms with Crippen LogP contribution in [0, 0.1) is 11.3 Å². The van der Waals surface area contributed by atoms with E-state index in [1.807, 2.05) is 38.1 Å². The smallest absolute Gasteiger partial charge is 0.250 e. The lowest BCUT2D eigenvalue weighted by atomic mass is 10.1. The number of methoxy groups -OCH3 is 1. The zero-order valence-electron chi connectivity index (χ0n) is 16.7. The summed E-state index contributed by atoms with van der Waals surface area (Å²) in [5, 5.41) is 11.2. The summed E-state index contributed by atoms with van der Waals surface area (Å²) < 4.78 is 5.60. The van der Waals surface area contributed by atoms with Gasteiger partial charge in [-0.25, -0.2) is 0 Å². The first kappa shape index (κ1) is 21.1. The lowest BCUT2D eigenvalue weighted by Gasteiger charge is -2.17. The van der Waals surface area contributed by atoms with E-state index in [1.54, 1.807) is 20.2 Å². The van der Waals surface area contributed by atoms with E-state index in [9.17, 15) is 4.79 Å². The molecule has 0 bridgehead atoms. The first-order valence-electron chi connectivity index (χ1n) is 9.15. The SMILES string of the molecule is CC=N/C(=C\C)c1cccc(N/C(=C/C(N)=NC(=O)C2CC2)C(C)=N)c1OC. The molecule has 28 heavy (non-hydrogen) atoms. The predicted octanol–water partition coefficient (Wildman–Crippen LogP) is 3.78. The third kappa shape index (κ3) is 5.39. The fraction of sp³-hybridized carbons (Fsp3) is 0.333. The molecule has 4 N–H and O–H groups in total. The van der Waals surface area contributed by atoms with Gasteiger partial charge in [-0.1, -0.05) is 12.1 Å². The van der Waals surface area contributed by atoms with Crippen molar-refractivity contribution in [2.24, 2.45) is 21.6 Å². The predicted molar refractivity (Wildman–Crippen MR) is 115 cm³/mol. The maximum atomic E-state index is 11.8. The highest BCUT2D eigenvalue weighted by Gasteiger charge is 2.29. The summed E-state index contributed by atoms with van der Waals surface area (Å²) in [4.78, 5) is 20.1. The lowest BCUT2D eigenvalue weighted by molar-refractivity contribution is -0.118. The Balaban J connectivity index is 2.38. The van der Waals surface area contributed by atoms with E-state index >= 15 is 0 Å². The number of hydrogen-bond acceptors (Lipinski definition) is 5. The minimum absolute atomic E-state index is 0.000384. The van der Waals surface area contributed by atoms with Crippen LogP contribution in [-0.4, -0.2) is 30.8 Å². The lowest BCUT2D eigenvalue weighted by Crippen LogP contribution is -2.17. The van der Waals surface area contributed by atoms with Gasteiger partial charge in [-0.3, -0.25) is 9.79 Å². The minimum Gasteiger partial charge on any atom is -0.494 e. The summed E-state index contributed by atoms with van der Waals surface area (Å²) >= 11 is 0. The van der Waals surface area contributed by atoms with Gasteiger partial charge in [0.2, 0.25) is 0 Å². The summed E-state index contributed by atoms with van der Waals surface area (Å²) in [5.41, 5.74) is 8.83. The molecule has 0 aliphatic heterocycles. The zero-order valence-corrected chi connectivity index (χ0v) is 16.7. The number of amides is 1. The summed E-state index contributed by atoms with van der Waals surface area (Å²) in [6, 6.07) is 5.63. The first-order chi connectivity index (χ1) is 13.4. The van der Waals surface area contributed by atoms with Crippen LogP contribution in [0.5, 0.6) is 5.75 Å². The number of nitrogens with two attached hydrogens (primary N) is 1. The normalized spacial score (nSPS) is 15.6. The Kier molecular flexibility index (Phi) is 7.26. The second-order valence-electron chi connectivity index (χ2n) is 6.40. The maximum absolute atomic E-state index is 11.8. The molecule has 0 saturated heterocycles. The Hall–Kier alpha value is -3.22. The molecule has 0 atom stereocenters.